The van der Waals surface area contributed by atoms with Crippen LogP contribution < -0.4 is 5.32 Å². The van der Waals surface area contributed by atoms with E-state index in [0.717, 1.165) is 19.3 Å². The number of hydrogen-bond acceptors (Lipinski definition) is 2. The van der Waals surface area contributed by atoms with E-state index in [1.165, 1.54) is 26.4 Å². The van der Waals surface area contributed by atoms with Gasteiger partial charge in [0.05, 0.1) is 12.6 Å². The fraction of sp³-hybridized carbons (Fsp3) is 0.750. The van der Waals surface area contributed by atoms with E-state index in [9.17, 15) is 4.79 Å². The van der Waals surface area contributed by atoms with Crippen molar-refractivity contribution in [2.24, 2.45) is 0 Å². The first-order valence-electron chi connectivity index (χ1n) is 5.82. The highest BCUT2D eigenvalue weighted by molar-refractivity contribution is 14.1. The van der Waals surface area contributed by atoms with Gasteiger partial charge in [0.2, 0.25) is 0 Å². The van der Waals surface area contributed by atoms with Crippen molar-refractivity contribution in [3.05, 3.63) is 12.2 Å². The molecule has 0 radical (unpaired) electrons. The van der Waals surface area contributed by atoms with Gasteiger partial charge in [0.15, 0.2) is 0 Å². The molecule has 0 spiro atoms. The number of rotatable bonds is 1. The Bertz CT molecular complexity index is 318. The van der Waals surface area contributed by atoms with Gasteiger partial charge >= 0.3 is 6.09 Å². The lowest BCUT2D eigenvalue weighted by atomic mass is 9.67. The molecule has 1 amide bonds. The summed E-state index contributed by atoms with van der Waals surface area (Å²) in [6.07, 6.45) is 10.8. The van der Waals surface area contributed by atoms with Crippen LogP contribution in [-0.2, 0) is 4.74 Å². The van der Waals surface area contributed by atoms with Gasteiger partial charge in [0, 0.05) is 3.42 Å². The van der Waals surface area contributed by atoms with Crippen LogP contribution in [0.15, 0.2) is 12.2 Å². The van der Waals surface area contributed by atoms with Crippen LogP contribution in [0.25, 0.3) is 0 Å². The van der Waals surface area contributed by atoms with Gasteiger partial charge in [-0.25, -0.2) is 4.79 Å². The average Bonchev–Trinajstić information content (AvgIpc) is 2.29. The van der Waals surface area contributed by atoms with Crippen LogP contribution in [-0.4, -0.2) is 22.2 Å². The Morgan fingerprint density at radius 1 is 1.31 bits per heavy atom. The van der Waals surface area contributed by atoms with E-state index in [1.54, 1.807) is 0 Å². The van der Waals surface area contributed by atoms with Crippen molar-refractivity contribution >= 4 is 28.7 Å². The number of fused-ring (bicyclic) bond motifs is 1. The van der Waals surface area contributed by atoms with Crippen LogP contribution in [0.5, 0.6) is 0 Å². The summed E-state index contributed by atoms with van der Waals surface area (Å²) in [5, 5.41) is 3.10. The first-order chi connectivity index (χ1) is 7.62. The molecule has 2 atom stereocenters. The molecule has 0 bridgehead atoms. The molecule has 16 heavy (non-hydrogen) atoms. The van der Waals surface area contributed by atoms with Crippen molar-refractivity contribution in [2.75, 3.05) is 7.11 Å². The highest BCUT2D eigenvalue weighted by atomic mass is 127. The summed E-state index contributed by atoms with van der Waals surface area (Å²) in [6, 6.07) is 0. The zero-order valence-corrected chi connectivity index (χ0v) is 11.7. The Kier molecular flexibility index (Phi) is 3.47. The summed E-state index contributed by atoms with van der Waals surface area (Å²) in [5.74, 6) is 0. The Balaban J connectivity index is 2.25. The van der Waals surface area contributed by atoms with Crippen molar-refractivity contribution in [1.82, 2.24) is 5.32 Å². The van der Waals surface area contributed by atoms with Crippen LogP contribution in [0, 0.1) is 0 Å². The third kappa shape index (κ3) is 1.96. The maximum absolute atomic E-state index is 11.5. The minimum Gasteiger partial charge on any atom is -0.453 e. The predicted octanol–water partition coefficient (Wildman–Crippen LogP) is 3.18. The quantitative estimate of drug-likeness (QED) is 0.454. The first kappa shape index (κ1) is 12.2. The Hall–Kier alpha value is -0.260. The first-order valence-corrected chi connectivity index (χ1v) is 6.90. The average molecular weight is 335 g/mol. The van der Waals surface area contributed by atoms with Gasteiger partial charge in [-0.15, -0.1) is 0 Å². The highest BCUT2D eigenvalue weighted by Gasteiger charge is 2.52. The maximum Gasteiger partial charge on any atom is 0.407 e. The highest BCUT2D eigenvalue weighted by Crippen LogP contribution is 2.50. The molecule has 1 saturated carbocycles. The molecule has 0 aromatic rings. The predicted molar refractivity (Wildman–Crippen MR) is 71.9 cm³/mol. The van der Waals surface area contributed by atoms with Crippen LogP contribution in [0.4, 0.5) is 4.79 Å². The van der Waals surface area contributed by atoms with Gasteiger partial charge in [-0.2, -0.15) is 0 Å². The number of hydrogen-bond donors (Lipinski definition) is 1. The number of halogens is 1. The number of allylic oxidation sites excluding steroid dienone is 1. The van der Waals surface area contributed by atoms with E-state index >= 15 is 0 Å². The SMILES string of the molecule is COC(=O)N[C@@]12CC=CC[C@@]1(I)CCCC2. The molecule has 2 aliphatic carbocycles. The summed E-state index contributed by atoms with van der Waals surface area (Å²) in [4.78, 5) is 11.5. The van der Waals surface area contributed by atoms with E-state index < -0.39 is 0 Å². The van der Waals surface area contributed by atoms with Gasteiger partial charge in [0.1, 0.15) is 0 Å². The molecular weight excluding hydrogens is 317 g/mol. The molecular formula is C12H18INO2. The fourth-order valence-electron chi connectivity index (χ4n) is 2.90. The number of alkyl carbamates (subject to hydrolysis) is 1. The molecule has 2 aliphatic rings. The molecule has 0 saturated heterocycles. The van der Waals surface area contributed by atoms with Crippen LogP contribution in [0.3, 0.4) is 0 Å². The number of ether oxygens (including phenoxy) is 1. The number of alkyl halides is 1. The second kappa shape index (κ2) is 4.55. The molecule has 0 aromatic heterocycles. The number of methoxy groups -OCH3 is 1. The Labute approximate surface area is 110 Å². The van der Waals surface area contributed by atoms with Gasteiger partial charge in [0.25, 0.3) is 0 Å². The molecule has 4 heteroatoms. The minimum absolute atomic E-state index is 0.0896. The van der Waals surface area contributed by atoms with Crippen molar-refractivity contribution in [1.29, 1.82) is 0 Å². The van der Waals surface area contributed by atoms with Crippen LogP contribution in [0.2, 0.25) is 0 Å². The monoisotopic (exact) mass is 335 g/mol. The number of nitrogens with one attached hydrogen (secondary N) is 1. The topological polar surface area (TPSA) is 38.3 Å². The molecule has 2 rings (SSSR count). The lowest BCUT2D eigenvalue weighted by Gasteiger charge is -2.52. The van der Waals surface area contributed by atoms with Gasteiger partial charge in [-0.05, 0) is 25.7 Å². The second-order valence-corrected chi connectivity index (χ2v) is 6.82. The van der Waals surface area contributed by atoms with Crippen molar-refractivity contribution in [3.8, 4) is 0 Å². The minimum atomic E-state index is -0.293. The molecule has 0 aliphatic heterocycles. The number of carbonyl (C=O) groups is 1. The van der Waals surface area contributed by atoms with Crippen LogP contribution >= 0.6 is 22.6 Å². The maximum atomic E-state index is 11.5. The van der Waals surface area contributed by atoms with E-state index in [2.05, 4.69) is 40.1 Å². The lowest BCUT2D eigenvalue weighted by molar-refractivity contribution is 0.128. The standard InChI is InChI=1S/C12H18INO2/c1-16-10(15)14-12-8-4-2-6-11(12,13)7-3-5-9-12/h2,4H,3,5-9H2,1H3,(H,14,15)/t11-,12-/m1/s1. The molecule has 1 fully saturated rings. The van der Waals surface area contributed by atoms with E-state index in [1.807, 2.05) is 0 Å². The van der Waals surface area contributed by atoms with E-state index in [4.69, 9.17) is 4.74 Å². The summed E-state index contributed by atoms with van der Waals surface area (Å²) >= 11 is 2.55. The normalized spacial score (nSPS) is 37.6. The molecule has 0 heterocycles. The third-order valence-corrected chi connectivity index (χ3v) is 5.90. The molecule has 0 aromatic carbocycles. The van der Waals surface area contributed by atoms with Crippen molar-refractivity contribution in [2.45, 2.75) is 47.5 Å². The molecule has 90 valence electrons. The van der Waals surface area contributed by atoms with Gasteiger partial charge in [-0.1, -0.05) is 47.6 Å². The second-order valence-electron chi connectivity index (χ2n) is 4.75. The fourth-order valence-corrected chi connectivity index (χ4v) is 4.16. The van der Waals surface area contributed by atoms with Gasteiger partial charge < -0.3 is 10.1 Å². The molecule has 3 nitrogen and oxygen atoms in total. The number of carbonyl (C=O) groups excluding carboxylic acids is 1. The smallest absolute Gasteiger partial charge is 0.407 e. The zero-order valence-electron chi connectivity index (χ0n) is 9.59. The Morgan fingerprint density at radius 3 is 2.75 bits per heavy atom. The zero-order chi connectivity index (χ0) is 11.6. The van der Waals surface area contributed by atoms with E-state index in [0.29, 0.717) is 0 Å². The lowest BCUT2D eigenvalue weighted by Crippen LogP contribution is -2.63. The molecule has 1 N–H and O–H groups in total. The van der Waals surface area contributed by atoms with Crippen molar-refractivity contribution < 1.29 is 9.53 Å². The van der Waals surface area contributed by atoms with E-state index in [-0.39, 0.29) is 15.1 Å². The Morgan fingerprint density at radius 2 is 2.00 bits per heavy atom. The van der Waals surface area contributed by atoms with Gasteiger partial charge in [-0.3, -0.25) is 0 Å². The largest absolute Gasteiger partial charge is 0.453 e. The van der Waals surface area contributed by atoms with Crippen molar-refractivity contribution in [3.63, 3.8) is 0 Å². The summed E-state index contributed by atoms with van der Waals surface area (Å²) in [5.41, 5.74) is -0.0896. The summed E-state index contributed by atoms with van der Waals surface area (Å²) in [6.45, 7) is 0. The summed E-state index contributed by atoms with van der Waals surface area (Å²) < 4.78 is 4.94. The third-order valence-electron chi connectivity index (χ3n) is 3.89. The summed E-state index contributed by atoms with van der Waals surface area (Å²) in [7, 11) is 1.43. The molecule has 0 unspecified atom stereocenters. The van der Waals surface area contributed by atoms with Crippen LogP contribution in [0.1, 0.15) is 38.5 Å². The number of amides is 1.